The van der Waals surface area contributed by atoms with E-state index in [9.17, 15) is 4.79 Å². The fourth-order valence-corrected chi connectivity index (χ4v) is 3.45. The van der Waals surface area contributed by atoms with Crippen molar-refractivity contribution in [1.82, 2.24) is 10.2 Å². The average Bonchev–Trinajstić information content (AvgIpc) is 2.69. The maximum Gasteiger partial charge on any atom is 0.309 e. The molecule has 5 nitrogen and oxygen atoms in total. The molecule has 0 saturated carbocycles. The van der Waals surface area contributed by atoms with E-state index in [-0.39, 0.29) is 35.9 Å². The zero-order chi connectivity index (χ0) is 18.4. The minimum atomic E-state index is -0.0636. The van der Waals surface area contributed by atoms with E-state index in [1.165, 1.54) is 16.3 Å². The van der Waals surface area contributed by atoms with Crippen LogP contribution in [0.5, 0.6) is 0 Å². The molecule has 0 amide bonds. The number of carbonyl (C=O) groups is 1. The highest BCUT2D eigenvalue weighted by Gasteiger charge is 2.27. The zero-order valence-electron chi connectivity index (χ0n) is 16.0. The molecule has 2 aromatic rings. The van der Waals surface area contributed by atoms with E-state index in [1.807, 2.05) is 6.92 Å². The van der Waals surface area contributed by atoms with Gasteiger partial charge in [-0.15, -0.1) is 24.0 Å². The molecule has 1 N–H and O–H groups in total. The Hall–Kier alpha value is -1.83. The van der Waals surface area contributed by atoms with Crippen LogP contribution in [0.3, 0.4) is 0 Å². The van der Waals surface area contributed by atoms with Gasteiger partial charge < -0.3 is 15.0 Å². The first-order valence-electron chi connectivity index (χ1n) is 9.31. The van der Waals surface area contributed by atoms with Gasteiger partial charge in [0.25, 0.3) is 0 Å². The first-order valence-corrected chi connectivity index (χ1v) is 9.31. The predicted molar refractivity (Wildman–Crippen MR) is 120 cm³/mol. The number of guanidine groups is 1. The van der Waals surface area contributed by atoms with Gasteiger partial charge in [0.15, 0.2) is 5.96 Å². The predicted octanol–water partition coefficient (Wildman–Crippen LogP) is 3.81. The first-order chi connectivity index (χ1) is 12.7. The second kappa shape index (κ2) is 10.5. The lowest BCUT2D eigenvalue weighted by Crippen LogP contribution is -2.46. The Morgan fingerprint density at radius 3 is 2.56 bits per heavy atom. The van der Waals surface area contributed by atoms with Crippen LogP contribution in [0, 0.1) is 5.92 Å². The molecule has 0 radical (unpaired) electrons. The maximum atomic E-state index is 11.9. The van der Waals surface area contributed by atoms with E-state index in [1.54, 1.807) is 7.05 Å². The molecule has 0 aliphatic carbocycles. The quantitative estimate of drug-likeness (QED) is 0.313. The summed E-state index contributed by atoms with van der Waals surface area (Å²) in [5, 5.41) is 5.95. The van der Waals surface area contributed by atoms with E-state index >= 15 is 0 Å². The molecule has 6 heteroatoms. The number of hydrogen-bond acceptors (Lipinski definition) is 3. The molecule has 0 bridgehead atoms. The molecular weight excluding hydrogens is 453 g/mol. The Bertz CT molecular complexity index is 786. The Morgan fingerprint density at radius 2 is 1.89 bits per heavy atom. The van der Waals surface area contributed by atoms with E-state index in [0.29, 0.717) is 6.61 Å². The minimum absolute atomic E-state index is 0. The third-order valence-electron chi connectivity index (χ3n) is 4.89. The van der Waals surface area contributed by atoms with Crippen molar-refractivity contribution in [3.8, 4) is 0 Å². The van der Waals surface area contributed by atoms with Gasteiger partial charge in [-0.1, -0.05) is 36.4 Å². The minimum Gasteiger partial charge on any atom is -0.466 e. The molecule has 1 fully saturated rings. The van der Waals surface area contributed by atoms with Gasteiger partial charge in [0.05, 0.1) is 12.5 Å². The number of benzene rings is 2. The summed E-state index contributed by atoms with van der Waals surface area (Å²) in [4.78, 5) is 18.5. The largest absolute Gasteiger partial charge is 0.466 e. The lowest BCUT2D eigenvalue weighted by atomic mass is 9.97. The summed E-state index contributed by atoms with van der Waals surface area (Å²) in [6.07, 6.45) is 1.63. The van der Waals surface area contributed by atoms with Crippen molar-refractivity contribution in [3.63, 3.8) is 0 Å². The van der Waals surface area contributed by atoms with Crippen molar-refractivity contribution < 1.29 is 9.53 Å². The molecule has 0 aromatic heterocycles. The molecule has 2 aromatic carbocycles. The number of nitrogens with zero attached hydrogens (tertiary/aromatic N) is 2. The summed E-state index contributed by atoms with van der Waals surface area (Å²) < 4.78 is 5.14. The van der Waals surface area contributed by atoms with Crippen LogP contribution in [0.2, 0.25) is 0 Å². The van der Waals surface area contributed by atoms with Crippen molar-refractivity contribution in [2.45, 2.75) is 26.3 Å². The lowest BCUT2D eigenvalue weighted by Gasteiger charge is -2.33. The molecular formula is C21H28IN3O2. The Kier molecular flexibility index (Phi) is 8.34. The fourth-order valence-electron chi connectivity index (χ4n) is 3.45. The molecule has 3 rings (SSSR count). The molecule has 1 saturated heterocycles. The van der Waals surface area contributed by atoms with E-state index < -0.39 is 0 Å². The number of likely N-dealkylation sites (tertiary alicyclic amines) is 1. The van der Waals surface area contributed by atoms with Crippen LogP contribution in [0.1, 0.15) is 25.3 Å². The summed E-state index contributed by atoms with van der Waals surface area (Å²) in [5.74, 6) is 0.844. The highest BCUT2D eigenvalue weighted by Crippen LogP contribution is 2.19. The summed E-state index contributed by atoms with van der Waals surface area (Å²) >= 11 is 0. The third kappa shape index (κ3) is 5.57. The monoisotopic (exact) mass is 481 g/mol. The van der Waals surface area contributed by atoms with Gasteiger partial charge in [-0.25, -0.2) is 0 Å². The van der Waals surface area contributed by atoms with E-state index in [4.69, 9.17) is 4.74 Å². The van der Waals surface area contributed by atoms with Gasteiger partial charge in [-0.05, 0) is 42.2 Å². The standard InChI is InChI=1S/C21H27N3O2.HI/c1-3-26-20(25)18-10-12-24(13-11-18)21(22-2)23-15-16-8-9-17-6-4-5-7-19(17)14-16;/h4-9,14,18H,3,10-13,15H2,1-2H3,(H,22,23);1H. The van der Waals surface area contributed by atoms with Gasteiger partial charge in [0.1, 0.15) is 0 Å². The third-order valence-corrected chi connectivity index (χ3v) is 4.89. The lowest BCUT2D eigenvalue weighted by molar-refractivity contribution is -0.149. The number of aliphatic imine (C=N–C) groups is 1. The average molecular weight is 481 g/mol. The number of rotatable bonds is 4. The van der Waals surface area contributed by atoms with Crippen molar-refractivity contribution >= 4 is 46.7 Å². The molecule has 0 spiro atoms. The van der Waals surface area contributed by atoms with Crippen molar-refractivity contribution in [1.29, 1.82) is 0 Å². The molecule has 0 atom stereocenters. The van der Waals surface area contributed by atoms with Gasteiger partial charge in [-0.3, -0.25) is 9.79 Å². The summed E-state index contributed by atoms with van der Waals surface area (Å²) in [5.41, 5.74) is 1.23. The van der Waals surface area contributed by atoms with Crippen LogP contribution in [-0.2, 0) is 16.1 Å². The highest BCUT2D eigenvalue weighted by atomic mass is 127. The van der Waals surface area contributed by atoms with Crippen molar-refractivity contribution in [3.05, 3.63) is 48.0 Å². The summed E-state index contributed by atoms with van der Waals surface area (Å²) in [6.45, 7) is 4.68. The number of halogens is 1. The van der Waals surface area contributed by atoms with Crippen LogP contribution in [0.25, 0.3) is 10.8 Å². The molecule has 1 heterocycles. The highest BCUT2D eigenvalue weighted by molar-refractivity contribution is 14.0. The Morgan fingerprint density at radius 1 is 1.19 bits per heavy atom. The number of piperidine rings is 1. The van der Waals surface area contributed by atoms with Crippen LogP contribution in [0.15, 0.2) is 47.5 Å². The summed E-state index contributed by atoms with van der Waals surface area (Å²) in [6, 6.07) is 14.9. The summed E-state index contributed by atoms with van der Waals surface area (Å²) in [7, 11) is 1.81. The molecule has 1 aliphatic rings. The topological polar surface area (TPSA) is 53.9 Å². The Labute approximate surface area is 178 Å². The second-order valence-corrected chi connectivity index (χ2v) is 6.60. The number of ether oxygens (including phenoxy) is 1. The number of carbonyl (C=O) groups excluding carboxylic acids is 1. The maximum absolute atomic E-state index is 11.9. The number of hydrogen-bond donors (Lipinski definition) is 1. The van der Waals surface area contributed by atoms with Gasteiger partial charge in [0.2, 0.25) is 0 Å². The molecule has 27 heavy (non-hydrogen) atoms. The molecule has 1 aliphatic heterocycles. The number of esters is 1. The zero-order valence-corrected chi connectivity index (χ0v) is 18.3. The molecule has 0 unspecified atom stereocenters. The van der Waals surface area contributed by atoms with Crippen LogP contribution < -0.4 is 5.32 Å². The van der Waals surface area contributed by atoms with Gasteiger partial charge in [-0.2, -0.15) is 0 Å². The van der Waals surface area contributed by atoms with Crippen LogP contribution >= 0.6 is 24.0 Å². The van der Waals surface area contributed by atoms with Gasteiger partial charge >= 0.3 is 5.97 Å². The second-order valence-electron chi connectivity index (χ2n) is 6.60. The molecule has 146 valence electrons. The van der Waals surface area contributed by atoms with E-state index in [2.05, 4.69) is 57.7 Å². The Balaban J connectivity index is 0.00000261. The number of fused-ring (bicyclic) bond motifs is 1. The van der Waals surface area contributed by atoms with Crippen LogP contribution in [0.4, 0.5) is 0 Å². The van der Waals surface area contributed by atoms with E-state index in [0.717, 1.165) is 38.4 Å². The smallest absolute Gasteiger partial charge is 0.309 e. The normalized spacial score (nSPS) is 15.3. The van der Waals surface area contributed by atoms with Crippen molar-refractivity contribution in [2.24, 2.45) is 10.9 Å². The first kappa shape index (κ1) is 21.5. The van der Waals surface area contributed by atoms with Gasteiger partial charge in [0, 0.05) is 26.7 Å². The van der Waals surface area contributed by atoms with Crippen LogP contribution in [-0.4, -0.2) is 43.6 Å². The fraction of sp³-hybridized carbons (Fsp3) is 0.429. The number of nitrogens with one attached hydrogen (secondary N) is 1. The van der Waals surface area contributed by atoms with Crippen molar-refractivity contribution in [2.75, 3.05) is 26.7 Å². The SMILES string of the molecule is CCOC(=O)C1CCN(C(=NC)NCc2ccc3ccccc3c2)CC1.I.